The first-order chi connectivity index (χ1) is 8.54. The highest BCUT2D eigenvalue weighted by Crippen LogP contribution is 2.42. The van der Waals surface area contributed by atoms with Gasteiger partial charge in [-0.15, -0.1) is 5.10 Å². The molecule has 1 saturated carbocycles. The van der Waals surface area contributed by atoms with Gasteiger partial charge >= 0.3 is 0 Å². The van der Waals surface area contributed by atoms with E-state index >= 15 is 0 Å². The number of aryl methyl sites for hydroxylation is 1. The highest BCUT2D eigenvalue weighted by Gasteiger charge is 2.35. The van der Waals surface area contributed by atoms with Crippen molar-refractivity contribution in [3.8, 4) is 0 Å². The Kier molecular flexibility index (Phi) is 4.05. The molecule has 0 saturated heterocycles. The molecular weight excluding hydrogens is 224 g/mol. The van der Waals surface area contributed by atoms with Gasteiger partial charge in [-0.1, -0.05) is 19.1 Å². The fraction of sp³-hybridized carbons (Fsp3) is 0.857. The molecule has 1 heterocycles. The van der Waals surface area contributed by atoms with Crippen molar-refractivity contribution in [1.29, 1.82) is 0 Å². The molecule has 2 N–H and O–H groups in total. The van der Waals surface area contributed by atoms with E-state index in [1.54, 1.807) is 4.68 Å². The van der Waals surface area contributed by atoms with Gasteiger partial charge in [-0.05, 0) is 55.9 Å². The normalized spacial score (nSPS) is 28.8. The van der Waals surface area contributed by atoms with Crippen LogP contribution in [0.25, 0.3) is 0 Å². The van der Waals surface area contributed by atoms with Crippen molar-refractivity contribution in [2.75, 3.05) is 6.54 Å². The summed E-state index contributed by atoms with van der Waals surface area (Å²) in [6.45, 7) is 5.44. The van der Waals surface area contributed by atoms with E-state index in [0.717, 1.165) is 30.5 Å². The van der Waals surface area contributed by atoms with Crippen molar-refractivity contribution in [3.05, 3.63) is 11.9 Å². The minimum absolute atomic E-state index is 0.265. The van der Waals surface area contributed by atoms with Gasteiger partial charge in [0.05, 0.1) is 5.69 Å². The number of hydrogen-bond donors (Lipinski definition) is 1. The summed E-state index contributed by atoms with van der Waals surface area (Å²) in [7, 11) is 1.92. The largest absolute Gasteiger partial charge is 0.330 e. The van der Waals surface area contributed by atoms with Crippen LogP contribution in [0.1, 0.15) is 45.2 Å². The van der Waals surface area contributed by atoms with Crippen molar-refractivity contribution < 1.29 is 0 Å². The van der Waals surface area contributed by atoms with E-state index in [4.69, 9.17) is 5.73 Å². The average molecular weight is 250 g/mol. The minimum atomic E-state index is 0.265. The summed E-state index contributed by atoms with van der Waals surface area (Å²) in [5, 5.41) is 8.23. The van der Waals surface area contributed by atoms with E-state index in [0.29, 0.717) is 0 Å². The first kappa shape index (κ1) is 13.5. The van der Waals surface area contributed by atoms with Crippen molar-refractivity contribution in [2.24, 2.45) is 30.0 Å². The van der Waals surface area contributed by atoms with Gasteiger partial charge in [-0.3, -0.25) is 4.68 Å². The summed E-state index contributed by atoms with van der Waals surface area (Å²) < 4.78 is 1.78. The second-order valence-corrected chi connectivity index (χ2v) is 6.35. The van der Waals surface area contributed by atoms with E-state index < -0.39 is 0 Å². The third kappa shape index (κ3) is 2.91. The van der Waals surface area contributed by atoms with Crippen LogP contribution in [0.3, 0.4) is 0 Å². The highest BCUT2D eigenvalue weighted by molar-refractivity contribution is 5.01. The third-order valence-corrected chi connectivity index (χ3v) is 4.67. The zero-order valence-electron chi connectivity index (χ0n) is 11.9. The lowest BCUT2D eigenvalue weighted by Crippen LogP contribution is -2.37. The van der Waals surface area contributed by atoms with E-state index in [-0.39, 0.29) is 5.41 Å². The molecule has 2 rings (SSSR count). The Labute approximate surface area is 110 Å². The van der Waals surface area contributed by atoms with Crippen LogP contribution in [-0.4, -0.2) is 21.5 Å². The maximum atomic E-state index is 6.06. The molecule has 1 aromatic rings. The molecule has 1 aromatic heterocycles. The molecule has 1 aliphatic rings. The monoisotopic (exact) mass is 250 g/mol. The second-order valence-electron chi connectivity index (χ2n) is 6.35. The lowest BCUT2D eigenvalue weighted by Gasteiger charge is -2.40. The van der Waals surface area contributed by atoms with Gasteiger partial charge in [0.2, 0.25) is 0 Å². The standard InChI is InChI=1S/C14H26N4/c1-11(2)12-4-6-14(10-15,7-5-12)8-13-9-18(3)17-16-13/h9,11-12H,4-8,10,15H2,1-3H3. The molecule has 4 heteroatoms. The Bertz CT molecular complexity index is 375. The predicted octanol–water partition coefficient (Wildman–Crippen LogP) is 2.15. The Hall–Kier alpha value is -0.900. The van der Waals surface area contributed by atoms with Crippen molar-refractivity contribution >= 4 is 0 Å². The van der Waals surface area contributed by atoms with Crippen LogP contribution in [0.2, 0.25) is 0 Å². The molecule has 1 fully saturated rings. The first-order valence-corrected chi connectivity index (χ1v) is 7.10. The van der Waals surface area contributed by atoms with Gasteiger partial charge in [0.1, 0.15) is 0 Å². The molecular formula is C14H26N4. The number of nitrogens with two attached hydrogens (primary N) is 1. The summed E-state index contributed by atoms with van der Waals surface area (Å²) in [4.78, 5) is 0. The predicted molar refractivity (Wildman–Crippen MR) is 73.0 cm³/mol. The fourth-order valence-corrected chi connectivity index (χ4v) is 3.23. The van der Waals surface area contributed by atoms with Gasteiger partial charge < -0.3 is 5.73 Å². The lowest BCUT2D eigenvalue weighted by atomic mass is 9.66. The zero-order valence-corrected chi connectivity index (χ0v) is 11.9. The maximum Gasteiger partial charge on any atom is 0.0833 e. The molecule has 0 amide bonds. The topological polar surface area (TPSA) is 56.7 Å². The van der Waals surface area contributed by atoms with Gasteiger partial charge in [-0.25, -0.2) is 0 Å². The van der Waals surface area contributed by atoms with E-state index in [1.165, 1.54) is 25.7 Å². The molecule has 4 nitrogen and oxygen atoms in total. The molecule has 0 unspecified atom stereocenters. The Balaban J connectivity index is 2.00. The smallest absolute Gasteiger partial charge is 0.0833 e. The van der Waals surface area contributed by atoms with Crippen molar-refractivity contribution in [2.45, 2.75) is 46.0 Å². The van der Waals surface area contributed by atoms with E-state index in [2.05, 4.69) is 24.2 Å². The fourth-order valence-electron chi connectivity index (χ4n) is 3.23. The average Bonchev–Trinajstić information content (AvgIpc) is 2.75. The summed E-state index contributed by atoms with van der Waals surface area (Å²) in [6.07, 6.45) is 8.12. The van der Waals surface area contributed by atoms with Crippen molar-refractivity contribution in [3.63, 3.8) is 0 Å². The van der Waals surface area contributed by atoms with Crippen LogP contribution in [0.15, 0.2) is 6.20 Å². The van der Waals surface area contributed by atoms with Crippen LogP contribution >= 0.6 is 0 Å². The molecule has 0 spiro atoms. The van der Waals surface area contributed by atoms with Gasteiger partial charge in [0.25, 0.3) is 0 Å². The molecule has 102 valence electrons. The summed E-state index contributed by atoms with van der Waals surface area (Å²) in [5.41, 5.74) is 7.41. The Morgan fingerprint density at radius 3 is 2.56 bits per heavy atom. The molecule has 1 aliphatic carbocycles. The second kappa shape index (κ2) is 5.39. The molecule has 18 heavy (non-hydrogen) atoms. The van der Waals surface area contributed by atoms with Crippen LogP contribution < -0.4 is 5.73 Å². The maximum absolute atomic E-state index is 6.06. The zero-order chi connectivity index (χ0) is 13.2. The van der Waals surface area contributed by atoms with Gasteiger partial charge in [-0.2, -0.15) is 0 Å². The van der Waals surface area contributed by atoms with E-state index in [9.17, 15) is 0 Å². The highest BCUT2D eigenvalue weighted by atomic mass is 15.4. The number of nitrogens with zero attached hydrogens (tertiary/aromatic N) is 3. The van der Waals surface area contributed by atoms with E-state index in [1.807, 2.05) is 13.2 Å². The number of hydrogen-bond acceptors (Lipinski definition) is 3. The summed E-state index contributed by atoms with van der Waals surface area (Å²) >= 11 is 0. The Morgan fingerprint density at radius 2 is 2.11 bits per heavy atom. The molecule has 0 radical (unpaired) electrons. The van der Waals surface area contributed by atoms with Crippen molar-refractivity contribution in [1.82, 2.24) is 15.0 Å². The SMILES string of the molecule is CC(C)C1CCC(CN)(Cc2cn(C)nn2)CC1. The van der Waals surface area contributed by atoms with Crippen LogP contribution in [-0.2, 0) is 13.5 Å². The van der Waals surface area contributed by atoms with Gasteiger partial charge in [0.15, 0.2) is 0 Å². The first-order valence-electron chi connectivity index (χ1n) is 7.10. The Morgan fingerprint density at radius 1 is 1.44 bits per heavy atom. The quantitative estimate of drug-likeness (QED) is 0.890. The summed E-state index contributed by atoms with van der Waals surface area (Å²) in [6, 6.07) is 0. The van der Waals surface area contributed by atoms with Gasteiger partial charge in [0, 0.05) is 13.2 Å². The number of aromatic nitrogens is 3. The lowest BCUT2D eigenvalue weighted by molar-refractivity contribution is 0.131. The molecule has 0 aliphatic heterocycles. The van der Waals surface area contributed by atoms with Crippen LogP contribution in [0.4, 0.5) is 0 Å². The molecule has 0 bridgehead atoms. The number of rotatable bonds is 4. The summed E-state index contributed by atoms with van der Waals surface area (Å²) in [5.74, 6) is 1.68. The third-order valence-electron chi connectivity index (χ3n) is 4.67. The molecule has 0 aromatic carbocycles. The van der Waals surface area contributed by atoms with Crippen LogP contribution in [0, 0.1) is 17.3 Å². The van der Waals surface area contributed by atoms with Crippen LogP contribution in [0.5, 0.6) is 0 Å². The minimum Gasteiger partial charge on any atom is -0.330 e. The molecule has 0 atom stereocenters.